The molecule has 1 N–H and O–H groups in total. The molecule has 1 fully saturated rings. The molecule has 9 heteroatoms. The summed E-state index contributed by atoms with van der Waals surface area (Å²) in [5.74, 6) is 0.770. The lowest BCUT2D eigenvalue weighted by atomic mass is 10.3. The number of benzene rings is 1. The number of thioether (sulfide) groups is 1. The lowest BCUT2D eigenvalue weighted by molar-refractivity contribution is 0.102. The minimum Gasteiger partial charge on any atom is -0.303 e. The zero-order valence-electron chi connectivity index (χ0n) is 13.5. The number of amides is 1. The molecule has 0 unspecified atom stereocenters. The lowest BCUT2D eigenvalue weighted by Crippen LogP contribution is -2.21. The Morgan fingerprint density at radius 1 is 1.20 bits per heavy atom. The monoisotopic (exact) mass is 391 g/mol. The average molecular weight is 392 g/mol. The first kappa shape index (κ1) is 16.9. The van der Waals surface area contributed by atoms with Crippen LogP contribution in [0.15, 0.2) is 28.6 Å². The number of nitrogens with zero attached hydrogens (tertiary/aromatic N) is 4. The Balaban J connectivity index is 1.33. The number of fused-ring (bicyclic) bond motifs is 1. The molecule has 0 radical (unpaired) electrons. The summed E-state index contributed by atoms with van der Waals surface area (Å²) >= 11 is 4.49. The van der Waals surface area contributed by atoms with E-state index in [1.54, 1.807) is 11.8 Å². The summed E-state index contributed by atoms with van der Waals surface area (Å²) in [7, 11) is 0. The second-order valence-corrected chi connectivity index (χ2v) is 9.06. The third kappa shape index (κ3) is 4.17. The molecule has 1 aliphatic rings. The molecule has 2 aromatic heterocycles. The van der Waals surface area contributed by atoms with E-state index in [4.69, 9.17) is 0 Å². The third-order valence-corrected chi connectivity index (χ3v) is 6.93. The fourth-order valence-electron chi connectivity index (χ4n) is 2.71. The molecule has 3 aromatic rings. The van der Waals surface area contributed by atoms with Crippen molar-refractivity contribution in [2.45, 2.75) is 17.2 Å². The predicted molar refractivity (Wildman–Crippen MR) is 104 cm³/mol. The Labute approximate surface area is 157 Å². The van der Waals surface area contributed by atoms with Gasteiger partial charge in [0.1, 0.15) is 0 Å². The molecule has 25 heavy (non-hydrogen) atoms. The molecule has 0 aliphatic carbocycles. The van der Waals surface area contributed by atoms with E-state index >= 15 is 0 Å². The van der Waals surface area contributed by atoms with Crippen LogP contribution in [0.1, 0.15) is 22.6 Å². The summed E-state index contributed by atoms with van der Waals surface area (Å²) in [5, 5.41) is 12.0. The number of para-hydroxylation sites is 1. The Hall–Kier alpha value is -1.55. The molecule has 1 aliphatic heterocycles. The van der Waals surface area contributed by atoms with Gasteiger partial charge in [-0.05, 0) is 38.1 Å². The first-order valence-electron chi connectivity index (χ1n) is 8.13. The van der Waals surface area contributed by atoms with Crippen molar-refractivity contribution in [1.82, 2.24) is 20.1 Å². The number of carbonyl (C=O) groups excluding carboxylic acids is 1. The Morgan fingerprint density at radius 3 is 2.88 bits per heavy atom. The largest absolute Gasteiger partial charge is 0.303 e. The number of hydrogen-bond donors (Lipinski definition) is 1. The van der Waals surface area contributed by atoms with E-state index in [-0.39, 0.29) is 5.91 Å². The molecule has 1 aromatic carbocycles. The highest BCUT2D eigenvalue weighted by molar-refractivity contribution is 8.01. The summed E-state index contributed by atoms with van der Waals surface area (Å²) in [5.41, 5.74) is 0.841. The van der Waals surface area contributed by atoms with Crippen LogP contribution >= 0.6 is 34.4 Å². The minimum absolute atomic E-state index is 0.231. The van der Waals surface area contributed by atoms with Crippen LogP contribution in [0, 0.1) is 0 Å². The average Bonchev–Trinajstić information content (AvgIpc) is 3.35. The zero-order valence-corrected chi connectivity index (χ0v) is 15.9. The van der Waals surface area contributed by atoms with Gasteiger partial charge in [0.05, 0.1) is 10.2 Å². The van der Waals surface area contributed by atoms with Crippen molar-refractivity contribution in [2.24, 2.45) is 0 Å². The van der Waals surface area contributed by atoms with Crippen LogP contribution < -0.4 is 5.32 Å². The molecule has 0 atom stereocenters. The van der Waals surface area contributed by atoms with Gasteiger partial charge >= 0.3 is 0 Å². The van der Waals surface area contributed by atoms with Gasteiger partial charge in [-0.25, -0.2) is 4.98 Å². The quantitative estimate of drug-likeness (QED) is 0.511. The molecule has 4 rings (SSSR count). The van der Waals surface area contributed by atoms with Crippen LogP contribution in [0.2, 0.25) is 0 Å². The molecule has 0 spiro atoms. The Morgan fingerprint density at radius 2 is 2.04 bits per heavy atom. The highest BCUT2D eigenvalue weighted by atomic mass is 32.2. The van der Waals surface area contributed by atoms with Gasteiger partial charge in [-0.2, -0.15) is 0 Å². The van der Waals surface area contributed by atoms with E-state index < -0.39 is 0 Å². The number of likely N-dealkylation sites (tertiary alicyclic amines) is 1. The maximum Gasteiger partial charge on any atom is 0.286 e. The molecule has 3 heterocycles. The summed E-state index contributed by atoms with van der Waals surface area (Å²) in [6.07, 6.45) is 2.62. The third-order valence-electron chi connectivity index (χ3n) is 3.95. The Bertz CT molecular complexity index is 838. The number of rotatable bonds is 6. The van der Waals surface area contributed by atoms with Crippen LogP contribution in [-0.2, 0) is 0 Å². The zero-order chi connectivity index (χ0) is 17.1. The lowest BCUT2D eigenvalue weighted by Gasteiger charge is -2.12. The highest BCUT2D eigenvalue weighted by Crippen LogP contribution is 2.27. The first-order chi connectivity index (χ1) is 12.3. The van der Waals surface area contributed by atoms with Crippen molar-refractivity contribution in [3.63, 3.8) is 0 Å². The van der Waals surface area contributed by atoms with Gasteiger partial charge in [-0.15, -0.1) is 21.5 Å². The van der Waals surface area contributed by atoms with Gasteiger partial charge in [0.2, 0.25) is 5.13 Å². The fourth-order valence-corrected chi connectivity index (χ4v) is 5.39. The molecule has 6 nitrogen and oxygen atoms in total. The summed E-state index contributed by atoms with van der Waals surface area (Å²) in [6, 6.07) is 7.73. The molecule has 0 bridgehead atoms. The second-order valence-electron chi connectivity index (χ2n) is 5.71. The van der Waals surface area contributed by atoms with Gasteiger partial charge in [-0.3, -0.25) is 10.1 Å². The van der Waals surface area contributed by atoms with Crippen molar-refractivity contribution >= 4 is 55.7 Å². The van der Waals surface area contributed by atoms with E-state index in [9.17, 15) is 4.79 Å². The van der Waals surface area contributed by atoms with Gasteiger partial charge in [0, 0.05) is 12.3 Å². The van der Waals surface area contributed by atoms with E-state index in [1.807, 2.05) is 24.3 Å². The van der Waals surface area contributed by atoms with Crippen LogP contribution in [0.4, 0.5) is 5.13 Å². The summed E-state index contributed by atoms with van der Waals surface area (Å²) in [4.78, 5) is 19.2. The highest BCUT2D eigenvalue weighted by Gasteiger charge is 2.15. The number of hydrogen-bond acceptors (Lipinski definition) is 8. The van der Waals surface area contributed by atoms with Crippen molar-refractivity contribution in [3.05, 3.63) is 29.3 Å². The second kappa shape index (κ2) is 7.77. The van der Waals surface area contributed by atoms with Crippen molar-refractivity contribution in [2.75, 3.05) is 30.7 Å². The molecular weight excluding hydrogens is 374 g/mol. The normalized spacial score (nSPS) is 15.0. The van der Waals surface area contributed by atoms with Crippen molar-refractivity contribution in [3.8, 4) is 0 Å². The minimum atomic E-state index is -0.231. The van der Waals surface area contributed by atoms with Crippen molar-refractivity contribution in [1.29, 1.82) is 0 Å². The summed E-state index contributed by atoms with van der Waals surface area (Å²) < 4.78 is 1.89. The van der Waals surface area contributed by atoms with Crippen LogP contribution in [0.25, 0.3) is 10.2 Å². The first-order valence-corrected chi connectivity index (χ1v) is 10.8. The smallest absolute Gasteiger partial charge is 0.286 e. The van der Waals surface area contributed by atoms with Crippen LogP contribution in [0.3, 0.4) is 0 Å². The van der Waals surface area contributed by atoms with Crippen LogP contribution in [0.5, 0.6) is 0 Å². The van der Waals surface area contributed by atoms with E-state index in [0.29, 0.717) is 10.1 Å². The van der Waals surface area contributed by atoms with Crippen LogP contribution in [-0.4, -0.2) is 51.4 Å². The number of anilines is 1. The molecule has 130 valence electrons. The van der Waals surface area contributed by atoms with Gasteiger partial charge in [-0.1, -0.05) is 35.2 Å². The topological polar surface area (TPSA) is 71.0 Å². The SMILES string of the molecule is O=C(Nc1nnc(SCCN2CCCC2)s1)c1nc2ccccc2s1. The number of nitrogens with one attached hydrogen (secondary N) is 1. The van der Waals surface area contributed by atoms with E-state index in [2.05, 4.69) is 25.4 Å². The number of carbonyl (C=O) groups is 1. The fraction of sp³-hybridized carbons (Fsp3) is 0.375. The summed E-state index contributed by atoms with van der Waals surface area (Å²) in [6.45, 7) is 3.50. The van der Waals surface area contributed by atoms with Crippen molar-refractivity contribution < 1.29 is 4.79 Å². The van der Waals surface area contributed by atoms with E-state index in [0.717, 1.165) is 26.9 Å². The predicted octanol–water partition coefficient (Wildman–Crippen LogP) is 3.59. The molecule has 1 amide bonds. The molecule has 1 saturated heterocycles. The van der Waals surface area contributed by atoms with Gasteiger partial charge < -0.3 is 4.90 Å². The molecule has 0 saturated carbocycles. The maximum atomic E-state index is 12.3. The van der Waals surface area contributed by atoms with Gasteiger partial charge in [0.25, 0.3) is 5.91 Å². The number of thiazole rings is 1. The molecular formula is C16H17N5OS3. The standard InChI is InChI=1S/C16H17N5OS3/c22-13(14-17-11-5-1-2-6-12(11)24-14)18-15-19-20-16(25-15)23-10-9-21-7-3-4-8-21/h1-2,5-6H,3-4,7-10H2,(H,18,19,22). The number of aromatic nitrogens is 3. The van der Waals surface area contributed by atoms with Gasteiger partial charge in [0.15, 0.2) is 9.35 Å². The van der Waals surface area contributed by atoms with E-state index in [1.165, 1.54) is 48.6 Å². The maximum absolute atomic E-state index is 12.3. The Kier molecular flexibility index (Phi) is 5.25.